The van der Waals surface area contributed by atoms with Gasteiger partial charge in [0.15, 0.2) is 17.3 Å². The van der Waals surface area contributed by atoms with Crippen LogP contribution >= 0.6 is 0 Å². The average Bonchev–Trinajstić information content (AvgIpc) is 3.31. The molecule has 1 aliphatic rings. The van der Waals surface area contributed by atoms with E-state index in [2.05, 4.69) is 15.0 Å². The van der Waals surface area contributed by atoms with E-state index >= 15 is 0 Å². The van der Waals surface area contributed by atoms with Gasteiger partial charge in [-0.1, -0.05) is 0 Å². The lowest BCUT2D eigenvalue weighted by molar-refractivity contribution is -0.146. The Morgan fingerprint density at radius 3 is 2.80 bits per heavy atom. The molecule has 2 N–H and O–H groups in total. The normalized spacial score (nSPS) is 20.7. The van der Waals surface area contributed by atoms with Gasteiger partial charge in [0.1, 0.15) is 11.8 Å². The Balaban J connectivity index is 1.66. The number of carbonyl (C=O) groups excluding carboxylic acids is 1. The number of nitrogens with two attached hydrogens (primary N) is 1. The van der Waals surface area contributed by atoms with Crippen LogP contribution in [0.5, 0.6) is 0 Å². The molecule has 0 unspecified atom stereocenters. The van der Waals surface area contributed by atoms with E-state index in [4.69, 9.17) is 14.9 Å². The van der Waals surface area contributed by atoms with E-state index in [1.807, 2.05) is 4.57 Å². The van der Waals surface area contributed by atoms with Crippen molar-refractivity contribution < 1.29 is 13.9 Å². The van der Waals surface area contributed by atoms with Gasteiger partial charge in [-0.05, 0) is 31.7 Å². The summed E-state index contributed by atoms with van der Waals surface area (Å²) in [6.45, 7) is 0. The highest BCUT2D eigenvalue weighted by molar-refractivity contribution is 5.83. The first kappa shape index (κ1) is 15.6. The molecule has 3 heterocycles. The number of rotatable bonds is 3. The number of furan rings is 1. The van der Waals surface area contributed by atoms with Crippen LogP contribution in [0.1, 0.15) is 31.7 Å². The third-order valence-corrected chi connectivity index (χ3v) is 4.85. The molecule has 1 aliphatic carbocycles. The van der Waals surface area contributed by atoms with Crippen molar-refractivity contribution in [3.05, 3.63) is 24.9 Å². The largest absolute Gasteiger partial charge is 0.472 e. The van der Waals surface area contributed by atoms with Crippen LogP contribution in [0.2, 0.25) is 0 Å². The molecule has 3 aromatic heterocycles. The summed E-state index contributed by atoms with van der Waals surface area (Å²) in [6, 6.07) is 2.03. The molecule has 0 atom stereocenters. The fourth-order valence-corrected chi connectivity index (χ4v) is 3.48. The molecule has 3 aromatic rings. The molecule has 4 rings (SSSR count). The van der Waals surface area contributed by atoms with Gasteiger partial charge < -0.3 is 19.5 Å². The van der Waals surface area contributed by atoms with Crippen LogP contribution in [0.25, 0.3) is 22.6 Å². The van der Waals surface area contributed by atoms with Crippen molar-refractivity contribution in [2.75, 3.05) is 12.8 Å². The van der Waals surface area contributed by atoms with Gasteiger partial charge >= 0.3 is 5.97 Å². The number of anilines is 1. The van der Waals surface area contributed by atoms with Crippen molar-refractivity contribution >= 4 is 23.0 Å². The molecule has 0 amide bonds. The second-order valence-corrected chi connectivity index (χ2v) is 6.30. The number of fused-ring (bicyclic) bond motifs is 1. The number of nitrogen functional groups attached to an aromatic ring is 1. The lowest BCUT2D eigenvalue weighted by atomic mass is 9.86. The third-order valence-electron chi connectivity index (χ3n) is 4.85. The lowest BCUT2D eigenvalue weighted by Crippen LogP contribution is -2.24. The average molecular weight is 341 g/mol. The predicted octanol–water partition coefficient (Wildman–Crippen LogP) is 2.57. The second-order valence-electron chi connectivity index (χ2n) is 6.30. The maximum Gasteiger partial charge on any atom is 0.308 e. The fourth-order valence-electron chi connectivity index (χ4n) is 3.48. The van der Waals surface area contributed by atoms with E-state index in [9.17, 15) is 4.79 Å². The van der Waals surface area contributed by atoms with E-state index in [1.54, 1.807) is 24.9 Å². The lowest BCUT2D eigenvalue weighted by Gasteiger charge is -2.27. The quantitative estimate of drug-likeness (QED) is 0.729. The molecule has 1 fully saturated rings. The number of aromatic nitrogens is 4. The molecular formula is C17H19N5O3. The maximum atomic E-state index is 11.7. The van der Waals surface area contributed by atoms with Gasteiger partial charge in [0, 0.05) is 6.04 Å². The smallest absolute Gasteiger partial charge is 0.308 e. The van der Waals surface area contributed by atoms with Crippen molar-refractivity contribution in [2.24, 2.45) is 5.92 Å². The Kier molecular flexibility index (Phi) is 3.87. The molecular weight excluding hydrogens is 322 g/mol. The van der Waals surface area contributed by atoms with Crippen LogP contribution in [0.3, 0.4) is 0 Å². The van der Waals surface area contributed by atoms with E-state index in [0.717, 1.165) is 31.2 Å². The van der Waals surface area contributed by atoms with Crippen LogP contribution < -0.4 is 5.73 Å². The van der Waals surface area contributed by atoms with E-state index < -0.39 is 0 Å². The molecule has 130 valence electrons. The van der Waals surface area contributed by atoms with Crippen LogP contribution in [-0.4, -0.2) is 32.6 Å². The molecule has 8 heteroatoms. The molecule has 1 saturated carbocycles. The predicted molar refractivity (Wildman–Crippen MR) is 90.4 cm³/mol. The molecule has 8 nitrogen and oxygen atoms in total. The first-order valence-electron chi connectivity index (χ1n) is 8.28. The van der Waals surface area contributed by atoms with Gasteiger partial charge in [0.05, 0.1) is 31.2 Å². The van der Waals surface area contributed by atoms with E-state index in [-0.39, 0.29) is 17.9 Å². The zero-order chi connectivity index (χ0) is 17.4. The number of nitrogens with zero attached hydrogens (tertiary/aromatic N) is 4. The standard InChI is InChI=1S/C17H19N5O3/c1-24-17(23)10-2-4-12(5-3-10)22-9-19-13-14(18)20-15(21-16(13)22)11-6-7-25-8-11/h6-10,12H,2-5H2,1H3,(H2,18,20,21). The topological polar surface area (TPSA) is 109 Å². The van der Waals surface area contributed by atoms with Crippen molar-refractivity contribution in [2.45, 2.75) is 31.7 Å². The molecule has 0 spiro atoms. The first-order valence-corrected chi connectivity index (χ1v) is 8.28. The SMILES string of the molecule is COC(=O)C1CCC(n2cnc3c(N)nc(-c4ccoc4)nc32)CC1. The number of methoxy groups -OCH3 is 1. The minimum absolute atomic E-state index is 0.0165. The highest BCUT2D eigenvalue weighted by Gasteiger charge is 2.29. The monoisotopic (exact) mass is 341 g/mol. The Morgan fingerprint density at radius 2 is 2.12 bits per heavy atom. The van der Waals surface area contributed by atoms with Gasteiger partial charge in [0.2, 0.25) is 0 Å². The Hall–Kier alpha value is -2.90. The van der Waals surface area contributed by atoms with Gasteiger partial charge in [-0.2, -0.15) is 0 Å². The summed E-state index contributed by atoms with van der Waals surface area (Å²) in [7, 11) is 1.44. The molecule has 0 radical (unpaired) electrons. The van der Waals surface area contributed by atoms with Crippen LogP contribution in [-0.2, 0) is 9.53 Å². The van der Waals surface area contributed by atoms with Crippen molar-refractivity contribution in [3.8, 4) is 11.4 Å². The zero-order valence-corrected chi connectivity index (χ0v) is 13.9. The first-order chi connectivity index (χ1) is 12.2. The summed E-state index contributed by atoms with van der Waals surface area (Å²) >= 11 is 0. The maximum absolute atomic E-state index is 11.7. The summed E-state index contributed by atoms with van der Waals surface area (Å²) in [5.41, 5.74) is 8.15. The minimum atomic E-state index is -0.122. The van der Waals surface area contributed by atoms with Gasteiger partial charge in [-0.15, -0.1) is 0 Å². The summed E-state index contributed by atoms with van der Waals surface area (Å²) < 4.78 is 12.0. The number of ether oxygens (including phenoxy) is 1. The van der Waals surface area contributed by atoms with Gasteiger partial charge in [-0.3, -0.25) is 4.79 Å². The second kappa shape index (κ2) is 6.19. The highest BCUT2D eigenvalue weighted by Crippen LogP contribution is 2.35. The number of esters is 1. The number of hydrogen-bond donors (Lipinski definition) is 1. The van der Waals surface area contributed by atoms with E-state index in [1.165, 1.54) is 7.11 Å². The Bertz CT molecular complexity index is 895. The summed E-state index contributed by atoms with van der Waals surface area (Å²) in [5.74, 6) is 0.729. The van der Waals surface area contributed by atoms with E-state index in [0.29, 0.717) is 22.8 Å². The molecule has 0 aromatic carbocycles. The van der Waals surface area contributed by atoms with Crippen molar-refractivity contribution in [3.63, 3.8) is 0 Å². The van der Waals surface area contributed by atoms with Crippen LogP contribution in [0.4, 0.5) is 5.82 Å². The number of imidazole rings is 1. The van der Waals surface area contributed by atoms with Crippen LogP contribution in [0, 0.1) is 5.92 Å². The summed E-state index contributed by atoms with van der Waals surface area (Å²) in [4.78, 5) is 25.0. The number of carbonyl (C=O) groups is 1. The van der Waals surface area contributed by atoms with Crippen molar-refractivity contribution in [1.82, 2.24) is 19.5 Å². The van der Waals surface area contributed by atoms with Gasteiger partial charge in [-0.25, -0.2) is 15.0 Å². The van der Waals surface area contributed by atoms with Gasteiger partial charge in [0.25, 0.3) is 0 Å². The van der Waals surface area contributed by atoms with Crippen LogP contribution in [0.15, 0.2) is 29.3 Å². The molecule has 0 bridgehead atoms. The molecule has 0 saturated heterocycles. The summed E-state index contributed by atoms with van der Waals surface area (Å²) in [5, 5.41) is 0. The highest BCUT2D eigenvalue weighted by atomic mass is 16.5. The zero-order valence-electron chi connectivity index (χ0n) is 13.9. The molecule has 0 aliphatic heterocycles. The van der Waals surface area contributed by atoms with Crippen molar-refractivity contribution in [1.29, 1.82) is 0 Å². The summed E-state index contributed by atoms with van der Waals surface area (Å²) in [6.07, 6.45) is 8.26. The Morgan fingerprint density at radius 1 is 1.32 bits per heavy atom. The molecule has 25 heavy (non-hydrogen) atoms. The third kappa shape index (κ3) is 2.73. The Labute approximate surface area is 144 Å². The number of hydrogen-bond acceptors (Lipinski definition) is 7. The fraction of sp³-hybridized carbons (Fsp3) is 0.412. The minimum Gasteiger partial charge on any atom is -0.472 e.